The van der Waals surface area contributed by atoms with Gasteiger partial charge in [0.05, 0.1) is 0 Å². The second kappa shape index (κ2) is 5.18. The normalized spacial score (nSPS) is 10.8. The van der Waals surface area contributed by atoms with Crippen LogP contribution < -0.4 is 4.57 Å². The summed E-state index contributed by atoms with van der Waals surface area (Å²) in [7, 11) is 0. The summed E-state index contributed by atoms with van der Waals surface area (Å²) < 4.78 is 1.94. The molecule has 0 aliphatic carbocycles. The fourth-order valence-corrected chi connectivity index (χ4v) is 1.18. The van der Waals surface area contributed by atoms with Crippen molar-refractivity contribution in [1.29, 1.82) is 0 Å². The maximum Gasteiger partial charge on any atom is 0.275 e. The van der Waals surface area contributed by atoms with Gasteiger partial charge in [0.15, 0.2) is 12.7 Å². The molecular weight excluding hydrogens is 193 g/mol. The van der Waals surface area contributed by atoms with E-state index in [0.29, 0.717) is 5.88 Å². The smallest absolute Gasteiger partial charge is 0.185 e. The summed E-state index contributed by atoms with van der Waals surface area (Å²) in [6, 6.07) is 5.71. The Morgan fingerprint density at radius 1 is 1.33 bits per heavy atom. The van der Waals surface area contributed by atoms with Crippen molar-refractivity contribution in [3.05, 3.63) is 41.7 Å². The SMILES string of the molecule is ClC/C=C/C[n+]1ccccc1Cl. The number of hydrogen-bond acceptors (Lipinski definition) is 0. The highest BCUT2D eigenvalue weighted by Gasteiger charge is 2.01. The molecule has 0 saturated carbocycles. The van der Waals surface area contributed by atoms with Gasteiger partial charge in [-0.25, -0.2) is 0 Å². The number of rotatable bonds is 3. The zero-order valence-electron chi connectivity index (χ0n) is 6.58. The van der Waals surface area contributed by atoms with E-state index in [4.69, 9.17) is 23.2 Å². The average Bonchev–Trinajstić information content (AvgIpc) is 2.09. The van der Waals surface area contributed by atoms with Gasteiger partial charge >= 0.3 is 0 Å². The lowest BCUT2D eigenvalue weighted by Crippen LogP contribution is -2.33. The van der Waals surface area contributed by atoms with E-state index in [0.717, 1.165) is 11.7 Å². The number of allylic oxidation sites excluding steroid dienone is 2. The molecule has 0 unspecified atom stereocenters. The predicted molar refractivity (Wildman–Crippen MR) is 51.5 cm³/mol. The van der Waals surface area contributed by atoms with Crippen molar-refractivity contribution in [3.63, 3.8) is 0 Å². The van der Waals surface area contributed by atoms with Crippen molar-refractivity contribution in [3.8, 4) is 0 Å². The molecule has 1 rings (SSSR count). The molecule has 0 aliphatic rings. The van der Waals surface area contributed by atoms with Crippen LogP contribution in [-0.4, -0.2) is 5.88 Å². The van der Waals surface area contributed by atoms with Crippen LogP contribution in [0.15, 0.2) is 36.5 Å². The molecule has 1 heterocycles. The van der Waals surface area contributed by atoms with E-state index in [-0.39, 0.29) is 0 Å². The van der Waals surface area contributed by atoms with Crippen LogP contribution in [0, 0.1) is 0 Å². The predicted octanol–water partition coefficient (Wildman–Crippen LogP) is 2.42. The van der Waals surface area contributed by atoms with Gasteiger partial charge < -0.3 is 0 Å². The summed E-state index contributed by atoms with van der Waals surface area (Å²) in [5.41, 5.74) is 0. The van der Waals surface area contributed by atoms with Crippen molar-refractivity contribution in [2.24, 2.45) is 0 Å². The number of aromatic nitrogens is 1. The Balaban J connectivity index is 2.63. The van der Waals surface area contributed by atoms with Gasteiger partial charge in [-0.15, -0.1) is 11.6 Å². The Hall–Kier alpha value is -0.530. The Morgan fingerprint density at radius 3 is 2.83 bits per heavy atom. The number of alkyl halides is 1. The molecular formula is C9H10Cl2N+. The van der Waals surface area contributed by atoms with E-state index < -0.39 is 0 Å². The molecule has 0 amide bonds. The first-order valence-corrected chi connectivity index (χ1v) is 4.61. The zero-order valence-corrected chi connectivity index (χ0v) is 8.09. The molecule has 0 radical (unpaired) electrons. The van der Waals surface area contributed by atoms with Crippen molar-refractivity contribution >= 4 is 23.2 Å². The van der Waals surface area contributed by atoms with Gasteiger partial charge in [0.1, 0.15) is 0 Å². The average molecular weight is 203 g/mol. The third-order valence-corrected chi connectivity index (χ3v) is 1.96. The van der Waals surface area contributed by atoms with E-state index in [1.807, 2.05) is 41.1 Å². The maximum atomic E-state index is 5.90. The van der Waals surface area contributed by atoms with Crippen LogP contribution in [0.4, 0.5) is 0 Å². The minimum atomic E-state index is 0.547. The first-order chi connectivity index (χ1) is 5.84. The third-order valence-electron chi connectivity index (χ3n) is 1.44. The fraction of sp³-hybridized carbons (Fsp3) is 0.222. The molecule has 64 valence electrons. The molecule has 1 aromatic heterocycles. The quantitative estimate of drug-likeness (QED) is 0.307. The Kier molecular flexibility index (Phi) is 4.12. The second-order valence-electron chi connectivity index (χ2n) is 2.30. The molecule has 1 aromatic rings. The first-order valence-electron chi connectivity index (χ1n) is 3.69. The van der Waals surface area contributed by atoms with E-state index in [9.17, 15) is 0 Å². The topological polar surface area (TPSA) is 3.88 Å². The molecule has 0 atom stereocenters. The second-order valence-corrected chi connectivity index (χ2v) is 3.00. The highest BCUT2D eigenvalue weighted by Crippen LogP contribution is 1.98. The molecule has 0 saturated heterocycles. The summed E-state index contributed by atoms with van der Waals surface area (Å²) in [6.45, 7) is 0.770. The zero-order chi connectivity index (χ0) is 8.81. The standard InChI is InChI=1S/C9H10Cl2N/c10-6-2-4-8-12-7-3-1-5-9(12)11/h1-5,7H,6,8H2/q+1/b4-2+. The van der Waals surface area contributed by atoms with Gasteiger partial charge in [0.2, 0.25) is 0 Å². The van der Waals surface area contributed by atoms with Crippen LogP contribution in [-0.2, 0) is 6.54 Å². The van der Waals surface area contributed by atoms with Gasteiger partial charge in [0, 0.05) is 18.0 Å². The van der Waals surface area contributed by atoms with E-state index in [1.165, 1.54) is 0 Å². The monoisotopic (exact) mass is 202 g/mol. The van der Waals surface area contributed by atoms with Crippen LogP contribution in [0.5, 0.6) is 0 Å². The summed E-state index contributed by atoms with van der Waals surface area (Å²) in [5, 5.41) is 0.733. The Labute approximate surface area is 82.2 Å². The summed E-state index contributed by atoms with van der Waals surface area (Å²) in [4.78, 5) is 0. The number of pyridine rings is 1. The van der Waals surface area contributed by atoms with Crippen molar-refractivity contribution < 1.29 is 4.57 Å². The van der Waals surface area contributed by atoms with Crippen LogP contribution in [0.3, 0.4) is 0 Å². The Morgan fingerprint density at radius 2 is 2.17 bits per heavy atom. The molecule has 0 spiro atoms. The first kappa shape index (κ1) is 9.56. The molecule has 0 N–H and O–H groups in total. The number of nitrogens with zero attached hydrogens (tertiary/aromatic N) is 1. The number of halogens is 2. The summed E-state index contributed by atoms with van der Waals surface area (Å²) >= 11 is 11.4. The molecule has 3 heteroatoms. The minimum absolute atomic E-state index is 0.547. The van der Waals surface area contributed by atoms with Gasteiger partial charge in [0.25, 0.3) is 5.15 Å². The van der Waals surface area contributed by atoms with E-state index >= 15 is 0 Å². The lowest BCUT2D eigenvalue weighted by atomic mass is 10.4. The fourth-order valence-electron chi connectivity index (χ4n) is 0.855. The van der Waals surface area contributed by atoms with Crippen LogP contribution in [0.1, 0.15) is 0 Å². The molecule has 0 aromatic carbocycles. The van der Waals surface area contributed by atoms with Crippen molar-refractivity contribution in [2.75, 3.05) is 5.88 Å². The lowest BCUT2D eigenvalue weighted by Gasteiger charge is -1.92. The van der Waals surface area contributed by atoms with E-state index in [1.54, 1.807) is 0 Å². The highest BCUT2D eigenvalue weighted by atomic mass is 35.5. The lowest BCUT2D eigenvalue weighted by molar-refractivity contribution is -0.684. The van der Waals surface area contributed by atoms with Gasteiger partial charge in [-0.05, 0) is 23.7 Å². The maximum absolute atomic E-state index is 5.90. The third kappa shape index (κ3) is 2.84. The molecule has 0 aliphatic heterocycles. The molecule has 0 bridgehead atoms. The highest BCUT2D eigenvalue weighted by molar-refractivity contribution is 6.28. The van der Waals surface area contributed by atoms with Crippen molar-refractivity contribution in [1.82, 2.24) is 0 Å². The van der Waals surface area contributed by atoms with Crippen LogP contribution in [0.25, 0.3) is 0 Å². The molecule has 0 fully saturated rings. The number of hydrogen-bond donors (Lipinski definition) is 0. The van der Waals surface area contributed by atoms with Gasteiger partial charge in [-0.1, -0.05) is 6.08 Å². The molecule has 12 heavy (non-hydrogen) atoms. The van der Waals surface area contributed by atoms with Gasteiger partial charge in [-0.3, -0.25) is 0 Å². The largest absolute Gasteiger partial charge is 0.275 e. The van der Waals surface area contributed by atoms with Crippen molar-refractivity contribution in [2.45, 2.75) is 6.54 Å². The molecule has 1 nitrogen and oxygen atoms in total. The van der Waals surface area contributed by atoms with Crippen LogP contribution >= 0.6 is 23.2 Å². The van der Waals surface area contributed by atoms with Gasteiger partial charge in [-0.2, -0.15) is 4.57 Å². The minimum Gasteiger partial charge on any atom is -0.185 e. The van der Waals surface area contributed by atoms with E-state index in [2.05, 4.69) is 0 Å². The Bertz CT molecular complexity index is 271. The summed E-state index contributed by atoms with van der Waals surface area (Å²) in [6.07, 6.45) is 5.82. The van der Waals surface area contributed by atoms with Crippen LogP contribution in [0.2, 0.25) is 5.15 Å². The summed E-state index contributed by atoms with van der Waals surface area (Å²) in [5.74, 6) is 0.547.